The van der Waals surface area contributed by atoms with Gasteiger partial charge in [-0.1, -0.05) is 24.3 Å². The molecule has 112 valence electrons. The summed E-state index contributed by atoms with van der Waals surface area (Å²) in [6.07, 6.45) is 4.36. The first-order valence-electron chi connectivity index (χ1n) is 7.57. The van der Waals surface area contributed by atoms with Gasteiger partial charge in [0.05, 0.1) is 16.7 Å². The maximum absolute atomic E-state index is 6.18. The van der Waals surface area contributed by atoms with Gasteiger partial charge in [-0.3, -0.25) is 0 Å². The van der Waals surface area contributed by atoms with Crippen molar-refractivity contribution >= 4 is 24.3 Å². The molecule has 0 radical (unpaired) electrons. The van der Waals surface area contributed by atoms with Gasteiger partial charge in [0.2, 0.25) is 0 Å². The Morgan fingerprint density at radius 1 is 0.952 bits per heavy atom. The van der Waals surface area contributed by atoms with Crippen LogP contribution in [0.25, 0.3) is 6.08 Å². The quantitative estimate of drug-likeness (QED) is 0.804. The average molecular weight is 285 g/mol. The lowest BCUT2D eigenvalue weighted by Gasteiger charge is -2.32. The molecular formula is C17H24BNO2. The molecule has 0 atom stereocenters. The molecule has 3 rings (SSSR count). The molecule has 0 spiro atoms. The molecule has 2 aliphatic heterocycles. The third kappa shape index (κ3) is 2.41. The third-order valence-electron chi connectivity index (χ3n) is 4.77. The Kier molecular flexibility index (Phi) is 3.05. The molecule has 0 aromatic heterocycles. The molecule has 2 aliphatic rings. The average Bonchev–Trinajstić information content (AvgIpc) is 2.56. The standard InChI is InChI=1S/C17H24BNO2/c1-15(2)11-10-12-13(8-7-9-14(12)19-15)18-20-16(3,4)17(5,6)21-18/h7-11,19H,1-6H3. The summed E-state index contributed by atoms with van der Waals surface area (Å²) in [5.74, 6) is 0. The molecular weight excluding hydrogens is 261 g/mol. The Bertz CT molecular complexity index is 589. The van der Waals surface area contributed by atoms with Crippen molar-refractivity contribution in [1.82, 2.24) is 0 Å². The minimum absolute atomic E-state index is 0.0262. The third-order valence-corrected chi connectivity index (χ3v) is 4.77. The van der Waals surface area contributed by atoms with Gasteiger partial charge >= 0.3 is 7.12 Å². The maximum atomic E-state index is 6.18. The van der Waals surface area contributed by atoms with Crippen LogP contribution in [0.2, 0.25) is 0 Å². The predicted molar refractivity (Wildman–Crippen MR) is 88.9 cm³/mol. The monoisotopic (exact) mass is 285 g/mol. The van der Waals surface area contributed by atoms with Crippen LogP contribution in [0, 0.1) is 0 Å². The van der Waals surface area contributed by atoms with Gasteiger partial charge in [-0.15, -0.1) is 0 Å². The van der Waals surface area contributed by atoms with Gasteiger partial charge in [-0.2, -0.15) is 0 Å². The van der Waals surface area contributed by atoms with Gasteiger partial charge in [-0.25, -0.2) is 0 Å². The fraction of sp³-hybridized carbons (Fsp3) is 0.529. The number of anilines is 1. The Morgan fingerprint density at radius 2 is 1.57 bits per heavy atom. The van der Waals surface area contributed by atoms with E-state index < -0.39 is 0 Å². The van der Waals surface area contributed by atoms with Crippen LogP contribution in [-0.2, 0) is 9.31 Å². The molecule has 21 heavy (non-hydrogen) atoms. The molecule has 3 nitrogen and oxygen atoms in total. The highest BCUT2D eigenvalue weighted by molar-refractivity contribution is 6.63. The molecule has 1 fully saturated rings. The van der Waals surface area contributed by atoms with Crippen LogP contribution >= 0.6 is 0 Å². The Labute approximate surface area is 127 Å². The second-order valence-corrected chi connectivity index (χ2v) is 7.58. The van der Waals surface area contributed by atoms with E-state index in [1.165, 1.54) is 0 Å². The molecule has 0 amide bonds. The molecule has 0 saturated carbocycles. The topological polar surface area (TPSA) is 30.5 Å². The molecule has 0 aliphatic carbocycles. The number of benzene rings is 1. The van der Waals surface area contributed by atoms with Crippen molar-refractivity contribution in [2.75, 3.05) is 5.32 Å². The van der Waals surface area contributed by atoms with E-state index in [1.54, 1.807) is 0 Å². The summed E-state index contributed by atoms with van der Waals surface area (Å²) in [7, 11) is -0.322. The van der Waals surface area contributed by atoms with Crippen LogP contribution in [0.1, 0.15) is 47.1 Å². The van der Waals surface area contributed by atoms with Crippen molar-refractivity contribution in [2.24, 2.45) is 0 Å². The van der Waals surface area contributed by atoms with Crippen molar-refractivity contribution in [2.45, 2.75) is 58.3 Å². The van der Waals surface area contributed by atoms with E-state index in [0.717, 1.165) is 16.7 Å². The van der Waals surface area contributed by atoms with Gasteiger partial charge < -0.3 is 14.6 Å². The van der Waals surface area contributed by atoms with Gasteiger partial charge in [-0.05, 0) is 58.6 Å². The van der Waals surface area contributed by atoms with E-state index >= 15 is 0 Å². The summed E-state index contributed by atoms with van der Waals surface area (Å²) in [6.45, 7) is 12.7. The smallest absolute Gasteiger partial charge is 0.399 e. The van der Waals surface area contributed by atoms with Crippen molar-refractivity contribution in [3.05, 3.63) is 29.8 Å². The largest absolute Gasteiger partial charge is 0.495 e. The number of rotatable bonds is 1. The Balaban J connectivity index is 2.00. The highest BCUT2D eigenvalue weighted by Gasteiger charge is 2.52. The van der Waals surface area contributed by atoms with E-state index in [-0.39, 0.29) is 23.9 Å². The summed E-state index contributed by atoms with van der Waals surface area (Å²) in [5, 5.41) is 3.54. The Hall–Kier alpha value is -1.26. The van der Waals surface area contributed by atoms with Crippen LogP contribution in [0.4, 0.5) is 5.69 Å². The van der Waals surface area contributed by atoms with Crippen LogP contribution in [-0.4, -0.2) is 23.9 Å². The molecule has 1 saturated heterocycles. The van der Waals surface area contributed by atoms with Crippen LogP contribution in [0.3, 0.4) is 0 Å². The van der Waals surface area contributed by atoms with Crippen molar-refractivity contribution in [1.29, 1.82) is 0 Å². The van der Waals surface area contributed by atoms with E-state index in [0.29, 0.717) is 0 Å². The van der Waals surface area contributed by atoms with Crippen LogP contribution < -0.4 is 10.8 Å². The molecule has 2 heterocycles. The molecule has 0 unspecified atom stereocenters. The van der Waals surface area contributed by atoms with Crippen LogP contribution in [0.15, 0.2) is 24.3 Å². The summed E-state index contributed by atoms with van der Waals surface area (Å²) in [4.78, 5) is 0. The minimum atomic E-state index is -0.322. The number of hydrogen-bond acceptors (Lipinski definition) is 3. The fourth-order valence-corrected chi connectivity index (χ4v) is 2.73. The van der Waals surface area contributed by atoms with Crippen LogP contribution in [0.5, 0.6) is 0 Å². The fourth-order valence-electron chi connectivity index (χ4n) is 2.73. The molecule has 1 aromatic rings. The highest BCUT2D eigenvalue weighted by Crippen LogP contribution is 2.37. The maximum Gasteiger partial charge on any atom is 0.495 e. The SMILES string of the molecule is CC1(C)C=Cc2c(cccc2B2OC(C)(C)C(C)(C)O2)N1. The van der Waals surface area contributed by atoms with Gasteiger partial charge in [0.25, 0.3) is 0 Å². The van der Waals surface area contributed by atoms with Gasteiger partial charge in [0, 0.05) is 5.69 Å². The van der Waals surface area contributed by atoms with Crippen molar-refractivity contribution in [3.63, 3.8) is 0 Å². The summed E-state index contributed by atoms with van der Waals surface area (Å²) >= 11 is 0. The second-order valence-electron chi connectivity index (χ2n) is 7.58. The highest BCUT2D eigenvalue weighted by atomic mass is 16.7. The summed E-state index contributed by atoms with van der Waals surface area (Å²) < 4.78 is 12.4. The summed E-state index contributed by atoms with van der Waals surface area (Å²) in [6, 6.07) is 6.25. The lowest BCUT2D eigenvalue weighted by Crippen LogP contribution is -2.41. The zero-order valence-corrected chi connectivity index (χ0v) is 13.8. The molecule has 4 heteroatoms. The zero-order valence-electron chi connectivity index (χ0n) is 13.8. The van der Waals surface area contributed by atoms with Gasteiger partial charge in [0.15, 0.2) is 0 Å². The van der Waals surface area contributed by atoms with Crippen molar-refractivity contribution < 1.29 is 9.31 Å². The first-order chi connectivity index (χ1) is 9.61. The predicted octanol–water partition coefficient (Wildman–Crippen LogP) is 3.20. The zero-order chi connectivity index (χ0) is 15.5. The normalized spacial score (nSPS) is 24.6. The number of nitrogens with one attached hydrogen (secondary N) is 1. The van der Waals surface area contributed by atoms with E-state index in [9.17, 15) is 0 Å². The molecule has 0 bridgehead atoms. The van der Waals surface area contributed by atoms with E-state index in [4.69, 9.17) is 9.31 Å². The second kappa shape index (κ2) is 4.37. The molecule has 1 aromatic carbocycles. The minimum Gasteiger partial charge on any atom is -0.399 e. The van der Waals surface area contributed by atoms with Crippen molar-refractivity contribution in [3.8, 4) is 0 Å². The van der Waals surface area contributed by atoms with E-state index in [2.05, 4.69) is 77.2 Å². The lowest BCUT2D eigenvalue weighted by molar-refractivity contribution is 0.00578. The molecule has 1 N–H and O–H groups in total. The Morgan fingerprint density at radius 3 is 2.19 bits per heavy atom. The summed E-state index contributed by atoms with van der Waals surface area (Å²) in [5.41, 5.74) is 2.73. The first kappa shape index (κ1) is 14.7. The number of hydrogen-bond donors (Lipinski definition) is 1. The van der Waals surface area contributed by atoms with E-state index in [1.807, 2.05) is 0 Å². The first-order valence-corrected chi connectivity index (χ1v) is 7.57. The number of fused-ring (bicyclic) bond motifs is 1. The lowest BCUT2D eigenvalue weighted by atomic mass is 9.74. The van der Waals surface area contributed by atoms with Gasteiger partial charge in [0.1, 0.15) is 0 Å².